The van der Waals surface area contributed by atoms with Gasteiger partial charge in [-0.1, -0.05) is 51.9 Å². The molecular weight excluding hydrogens is 462 g/mol. The third-order valence-electron chi connectivity index (χ3n) is 5.25. The van der Waals surface area contributed by atoms with Crippen LogP contribution in [0.1, 0.15) is 23.1 Å². The minimum absolute atomic E-state index is 0.0674. The number of nitrogens with zero attached hydrogens (tertiary/aromatic N) is 2. The van der Waals surface area contributed by atoms with E-state index in [9.17, 15) is 12.8 Å². The largest absolute Gasteiger partial charge is 0.286 e. The van der Waals surface area contributed by atoms with Crippen molar-refractivity contribution in [2.75, 3.05) is 13.7 Å². The van der Waals surface area contributed by atoms with Gasteiger partial charge >= 0.3 is 0 Å². The van der Waals surface area contributed by atoms with E-state index in [0.29, 0.717) is 21.2 Å². The highest BCUT2D eigenvalue weighted by molar-refractivity contribution is 7.89. The van der Waals surface area contributed by atoms with E-state index in [2.05, 4.69) is 0 Å². The van der Waals surface area contributed by atoms with Crippen LogP contribution < -0.4 is 0 Å². The van der Waals surface area contributed by atoms with E-state index in [1.54, 1.807) is 36.4 Å². The van der Waals surface area contributed by atoms with Crippen LogP contribution in [0.15, 0.2) is 77.7 Å². The lowest BCUT2D eigenvalue weighted by Crippen LogP contribution is -2.41. The highest BCUT2D eigenvalue weighted by atomic mass is 35.5. The molecule has 3 aromatic carbocycles. The molecule has 1 saturated heterocycles. The van der Waals surface area contributed by atoms with Crippen molar-refractivity contribution in [2.45, 2.75) is 16.9 Å². The van der Waals surface area contributed by atoms with Crippen molar-refractivity contribution in [3.63, 3.8) is 0 Å². The minimum Gasteiger partial charge on any atom is -0.286 e. The lowest BCUT2D eigenvalue weighted by molar-refractivity contribution is -0.212. The molecule has 31 heavy (non-hydrogen) atoms. The van der Waals surface area contributed by atoms with Crippen LogP contribution in [-0.2, 0) is 14.9 Å². The third-order valence-corrected chi connectivity index (χ3v) is 7.52. The van der Waals surface area contributed by atoms with Crippen molar-refractivity contribution in [3.05, 3.63) is 99.8 Å². The van der Waals surface area contributed by atoms with Gasteiger partial charge in [0.2, 0.25) is 0 Å². The van der Waals surface area contributed by atoms with E-state index in [-0.39, 0.29) is 17.4 Å². The molecule has 162 valence electrons. The average Bonchev–Trinajstić information content (AvgIpc) is 3.15. The van der Waals surface area contributed by atoms with Crippen LogP contribution in [0.5, 0.6) is 0 Å². The van der Waals surface area contributed by atoms with E-state index >= 15 is 0 Å². The number of benzene rings is 3. The molecule has 1 aliphatic rings. The molecule has 1 aliphatic heterocycles. The van der Waals surface area contributed by atoms with Crippen LogP contribution in [0.25, 0.3) is 0 Å². The smallest absolute Gasteiger partial charge is 0.258 e. The van der Waals surface area contributed by atoms with Crippen molar-refractivity contribution < 1.29 is 17.6 Å². The van der Waals surface area contributed by atoms with Crippen LogP contribution in [-0.4, -0.2) is 31.7 Å². The van der Waals surface area contributed by atoms with E-state index in [1.165, 1.54) is 53.1 Å². The lowest BCUT2D eigenvalue weighted by Gasteiger charge is -2.30. The Kier molecular flexibility index (Phi) is 6.35. The summed E-state index contributed by atoms with van der Waals surface area (Å²) in [6.45, 7) is 0.208. The molecule has 3 aromatic rings. The molecule has 5 nitrogen and oxygen atoms in total. The minimum atomic E-state index is -4.03. The number of hydrogen-bond donors (Lipinski definition) is 0. The summed E-state index contributed by atoms with van der Waals surface area (Å²) in [5.74, 6) is -0.783. The molecule has 0 N–H and O–H groups in total. The first-order valence-electron chi connectivity index (χ1n) is 9.44. The molecule has 2 unspecified atom stereocenters. The molecule has 4 rings (SSSR count). The number of sulfonamides is 1. The summed E-state index contributed by atoms with van der Waals surface area (Å²) in [5, 5.41) is 2.24. The number of halogens is 3. The van der Waals surface area contributed by atoms with E-state index in [0.717, 1.165) is 0 Å². The first-order chi connectivity index (χ1) is 14.8. The van der Waals surface area contributed by atoms with Gasteiger partial charge in [-0.15, -0.1) is 5.17 Å². The topological polar surface area (TPSA) is 49.9 Å². The van der Waals surface area contributed by atoms with Gasteiger partial charge in [0.1, 0.15) is 5.82 Å². The third kappa shape index (κ3) is 4.35. The van der Waals surface area contributed by atoms with Gasteiger partial charge in [-0.05, 0) is 59.7 Å². The molecule has 0 aromatic heterocycles. The van der Waals surface area contributed by atoms with Crippen molar-refractivity contribution in [1.29, 1.82) is 0 Å². The fourth-order valence-electron chi connectivity index (χ4n) is 3.82. The first-order valence-corrected chi connectivity index (χ1v) is 11.6. The SMILES string of the molecule is CON1CC(c2cccc(F)c2)C(c2ccc(Cl)cc2)N1S(=O)(=O)c1ccc(Cl)cc1. The van der Waals surface area contributed by atoms with Crippen LogP contribution in [0.4, 0.5) is 4.39 Å². The normalized spacial score (nSPS) is 20.3. The molecule has 1 fully saturated rings. The van der Waals surface area contributed by atoms with Gasteiger partial charge in [-0.25, -0.2) is 12.8 Å². The van der Waals surface area contributed by atoms with Gasteiger partial charge in [0.25, 0.3) is 10.0 Å². The summed E-state index contributed by atoms with van der Waals surface area (Å²) in [7, 11) is -2.63. The summed E-state index contributed by atoms with van der Waals surface area (Å²) in [5.41, 5.74) is 1.37. The standard InChI is InChI=1S/C22H19Cl2FN2O3S/c1-30-26-14-21(16-3-2-4-19(25)13-16)22(15-5-7-17(23)8-6-15)27(26)31(28,29)20-11-9-18(24)10-12-20/h2-13,21-22H,14H2,1H3. The fourth-order valence-corrected chi connectivity index (χ4v) is 5.71. The number of hydrogen-bond acceptors (Lipinski definition) is 4. The second-order valence-corrected chi connectivity index (χ2v) is 9.78. The zero-order valence-electron chi connectivity index (χ0n) is 16.5. The lowest BCUT2D eigenvalue weighted by atomic mass is 9.88. The molecular formula is C22H19Cl2FN2O3S. The van der Waals surface area contributed by atoms with Gasteiger partial charge in [-0.2, -0.15) is 0 Å². The zero-order valence-corrected chi connectivity index (χ0v) is 18.8. The Morgan fingerprint density at radius 1 is 0.935 bits per heavy atom. The van der Waals surface area contributed by atoms with Gasteiger partial charge < -0.3 is 0 Å². The second-order valence-electron chi connectivity index (χ2n) is 7.11. The molecule has 0 saturated carbocycles. The summed E-state index contributed by atoms with van der Waals surface area (Å²) >= 11 is 12.0. The van der Waals surface area contributed by atoms with E-state index in [1.807, 2.05) is 0 Å². The predicted molar refractivity (Wildman–Crippen MR) is 118 cm³/mol. The zero-order chi connectivity index (χ0) is 22.2. The summed E-state index contributed by atoms with van der Waals surface area (Å²) in [4.78, 5) is 5.51. The Balaban J connectivity index is 1.88. The van der Waals surface area contributed by atoms with Gasteiger partial charge in [0.05, 0.1) is 24.6 Å². The Bertz CT molecular complexity index is 1170. The molecule has 0 radical (unpaired) electrons. The number of hydroxylamine groups is 1. The van der Waals surface area contributed by atoms with Crippen LogP contribution in [0.2, 0.25) is 10.0 Å². The Hall–Kier alpha value is -2.00. The molecule has 0 bridgehead atoms. The number of rotatable bonds is 5. The monoisotopic (exact) mass is 480 g/mol. The Labute approximate surface area is 190 Å². The van der Waals surface area contributed by atoms with Crippen molar-refractivity contribution >= 4 is 33.2 Å². The van der Waals surface area contributed by atoms with Crippen LogP contribution in [0.3, 0.4) is 0 Å². The molecule has 1 heterocycles. The van der Waals surface area contributed by atoms with Crippen LogP contribution >= 0.6 is 23.2 Å². The molecule has 0 aliphatic carbocycles. The maximum absolute atomic E-state index is 14.0. The van der Waals surface area contributed by atoms with Crippen LogP contribution in [0, 0.1) is 5.82 Å². The van der Waals surface area contributed by atoms with E-state index in [4.69, 9.17) is 28.0 Å². The first kappa shape index (κ1) is 22.2. The highest BCUT2D eigenvalue weighted by Gasteiger charge is 2.49. The highest BCUT2D eigenvalue weighted by Crippen LogP contribution is 2.46. The summed E-state index contributed by atoms with van der Waals surface area (Å²) in [6, 6.07) is 18.3. The van der Waals surface area contributed by atoms with Gasteiger partial charge in [-0.3, -0.25) is 4.84 Å². The average molecular weight is 481 g/mol. The van der Waals surface area contributed by atoms with Crippen molar-refractivity contribution in [2.24, 2.45) is 0 Å². The number of hydrazine groups is 1. The summed E-state index contributed by atoms with van der Waals surface area (Å²) in [6.07, 6.45) is 0. The van der Waals surface area contributed by atoms with Gasteiger partial charge in [0.15, 0.2) is 0 Å². The Morgan fingerprint density at radius 3 is 2.13 bits per heavy atom. The molecule has 2 atom stereocenters. The Morgan fingerprint density at radius 2 is 1.55 bits per heavy atom. The fraction of sp³-hybridized carbons (Fsp3) is 0.182. The van der Waals surface area contributed by atoms with Gasteiger partial charge in [0, 0.05) is 16.0 Å². The maximum Gasteiger partial charge on any atom is 0.258 e. The van der Waals surface area contributed by atoms with Crippen molar-refractivity contribution in [1.82, 2.24) is 9.59 Å². The molecule has 0 amide bonds. The second kappa shape index (κ2) is 8.86. The predicted octanol–water partition coefficient (Wildman–Crippen LogP) is 5.44. The maximum atomic E-state index is 14.0. The van der Waals surface area contributed by atoms with Crippen molar-refractivity contribution in [3.8, 4) is 0 Å². The summed E-state index contributed by atoms with van der Waals surface area (Å²) < 4.78 is 42.6. The quantitative estimate of drug-likeness (QED) is 0.487. The molecule has 0 spiro atoms. The van der Waals surface area contributed by atoms with E-state index < -0.39 is 21.9 Å². The molecule has 9 heteroatoms.